The highest BCUT2D eigenvalue weighted by molar-refractivity contribution is 5.94. The molecule has 2 aromatic carbocycles. The Morgan fingerprint density at radius 1 is 1.18 bits per heavy atom. The number of benzene rings is 2. The van der Waals surface area contributed by atoms with Crippen LogP contribution < -0.4 is 10.2 Å². The topological polar surface area (TPSA) is 56.1 Å². The number of halogens is 4. The second kappa shape index (κ2) is 8.74. The molecule has 0 aliphatic carbocycles. The molecular weight excluding hydrogens is 374 g/mol. The number of amides is 1. The van der Waals surface area contributed by atoms with Gasteiger partial charge in [0.05, 0.1) is 23.7 Å². The molecule has 0 saturated carbocycles. The summed E-state index contributed by atoms with van der Waals surface area (Å²) >= 11 is 0. The van der Waals surface area contributed by atoms with Crippen molar-refractivity contribution in [3.05, 3.63) is 59.4 Å². The van der Waals surface area contributed by atoms with Gasteiger partial charge in [-0.2, -0.15) is 18.4 Å². The summed E-state index contributed by atoms with van der Waals surface area (Å²) in [6, 6.07) is 10.1. The molecule has 0 aliphatic heterocycles. The molecule has 28 heavy (non-hydrogen) atoms. The fourth-order valence-corrected chi connectivity index (χ4v) is 2.67. The lowest BCUT2D eigenvalue weighted by atomic mass is 10.1. The number of carbonyl (C=O) groups is 1. The van der Waals surface area contributed by atoms with Gasteiger partial charge in [-0.05, 0) is 48.4 Å². The van der Waals surface area contributed by atoms with Crippen LogP contribution in [-0.2, 0) is 11.0 Å². The average molecular weight is 393 g/mol. The van der Waals surface area contributed by atoms with Gasteiger partial charge in [0.15, 0.2) is 0 Å². The summed E-state index contributed by atoms with van der Waals surface area (Å²) in [6.07, 6.45) is -4.68. The molecule has 0 saturated heterocycles. The third kappa shape index (κ3) is 5.71. The fraction of sp³-hybridized carbons (Fsp3) is 0.300. The monoisotopic (exact) mass is 393 g/mol. The van der Waals surface area contributed by atoms with Crippen LogP contribution in [0.3, 0.4) is 0 Å². The summed E-state index contributed by atoms with van der Waals surface area (Å²) in [6.45, 7) is 3.89. The van der Waals surface area contributed by atoms with Crippen LogP contribution in [0.25, 0.3) is 0 Å². The van der Waals surface area contributed by atoms with Crippen LogP contribution in [0.15, 0.2) is 42.5 Å². The standard InChI is InChI=1S/C20H19F4N3O/c1-13(2)11-27(12-19(28)26-16-6-4-15(21)5-7-16)17-8-3-14(10-25)18(9-17)20(22,23)24/h3-9,13H,11-12H2,1-2H3,(H,26,28). The number of rotatable bonds is 6. The van der Waals surface area contributed by atoms with E-state index < -0.39 is 29.0 Å². The van der Waals surface area contributed by atoms with Gasteiger partial charge in [0.25, 0.3) is 0 Å². The molecule has 8 heteroatoms. The molecule has 0 fully saturated rings. The van der Waals surface area contributed by atoms with Crippen molar-refractivity contribution in [3.8, 4) is 6.07 Å². The van der Waals surface area contributed by atoms with E-state index in [-0.39, 0.29) is 18.2 Å². The summed E-state index contributed by atoms with van der Waals surface area (Å²) in [5.74, 6) is -0.828. The minimum absolute atomic E-state index is 0.0728. The Balaban J connectivity index is 2.27. The van der Waals surface area contributed by atoms with E-state index in [1.54, 1.807) is 0 Å². The van der Waals surface area contributed by atoms with Gasteiger partial charge < -0.3 is 10.2 Å². The van der Waals surface area contributed by atoms with Crippen molar-refractivity contribution in [2.45, 2.75) is 20.0 Å². The zero-order valence-electron chi connectivity index (χ0n) is 15.3. The Labute approximate surface area is 160 Å². The van der Waals surface area contributed by atoms with Crippen molar-refractivity contribution >= 4 is 17.3 Å². The number of hydrogen-bond donors (Lipinski definition) is 1. The number of nitrogens with one attached hydrogen (secondary N) is 1. The second-order valence-electron chi connectivity index (χ2n) is 6.67. The molecule has 2 aromatic rings. The largest absolute Gasteiger partial charge is 0.417 e. The first kappa shape index (κ1) is 21.2. The van der Waals surface area contributed by atoms with Crippen molar-refractivity contribution in [1.29, 1.82) is 5.26 Å². The highest BCUT2D eigenvalue weighted by Gasteiger charge is 2.34. The molecule has 0 bridgehead atoms. The van der Waals surface area contributed by atoms with Crippen LogP contribution in [-0.4, -0.2) is 19.0 Å². The Hall–Kier alpha value is -3.08. The molecule has 0 aromatic heterocycles. The SMILES string of the molecule is CC(C)CN(CC(=O)Nc1ccc(F)cc1)c1ccc(C#N)c(C(F)(F)F)c1. The zero-order valence-corrected chi connectivity index (χ0v) is 15.3. The van der Waals surface area contributed by atoms with E-state index in [0.717, 1.165) is 12.1 Å². The minimum Gasteiger partial charge on any atom is -0.362 e. The minimum atomic E-state index is -4.68. The van der Waals surface area contributed by atoms with Gasteiger partial charge in [-0.3, -0.25) is 4.79 Å². The van der Waals surface area contributed by atoms with Crippen molar-refractivity contribution in [2.75, 3.05) is 23.3 Å². The van der Waals surface area contributed by atoms with Crippen LogP contribution in [0, 0.1) is 23.1 Å². The van der Waals surface area contributed by atoms with E-state index in [0.29, 0.717) is 12.2 Å². The number of alkyl halides is 3. The zero-order chi connectivity index (χ0) is 20.9. The van der Waals surface area contributed by atoms with E-state index in [1.165, 1.54) is 41.3 Å². The summed E-state index contributed by atoms with van der Waals surface area (Å²) in [7, 11) is 0. The van der Waals surface area contributed by atoms with Crippen molar-refractivity contribution in [3.63, 3.8) is 0 Å². The van der Waals surface area contributed by atoms with Crippen molar-refractivity contribution in [1.82, 2.24) is 0 Å². The van der Waals surface area contributed by atoms with Gasteiger partial charge >= 0.3 is 6.18 Å². The fourth-order valence-electron chi connectivity index (χ4n) is 2.67. The Morgan fingerprint density at radius 2 is 1.82 bits per heavy atom. The second-order valence-corrected chi connectivity index (χ2v) is 6.67. The Morgan fingerprint density at radius 3 is 2.36 bits per heavy atom. The van der Waals surface area contributed by atoms with E-state index in [4.69, 9.17) is 5.26 Å². The maximum atomic E-state index is 13.2. The summed E-state index contributed by atoms with van der Waals surface area (Å²) in [5, 5.41) is 11.5. The van der Waals surface area contributed by atoms with Gasteiger partial charge in [0.1, 0.15) is 5.82 Å². The van der Waals surface area contributed by atoms with Crippen molar-refractivity contribution < 1.29 is 22.4 Å². The van der Waals surface area contributed by atoms with Gasteiger partial charge in [0, 0.05) is 17.9 Å². The van der Waals surface area contributed by atoms with Crippen LogP contribution in [0.4, 0.5) is 28.9 Å². The lowest BCUT2D eigenvalue weighted by molar-refractivity contribution is -0.137. The molecular formula is C20H19F4N3O. The first-order chi connectivity index (χ1) is 13.1. The lowest BCUT2D eigenvalue weighted by Gasteiger charge is -2.27. The maximum absolute atomic E-state index is 13.2. The average Bonchev–Trinajstić information content (AvgIpc) is 2.61. The van der Waals surface area contributed by atoms with Crippen LogP contribution in [0.5, 0.6) is 0 Å². The van der Waals surface area contributed by atoms with E-state index >= 15 is 0 Å². The molecule has 148 valence electrons. The Bertz CT molecular complexity index is 871. The van der Waals surface area contributed by atoms with Gasteiger partial charge in [-0.25, -0.2) is 4.39 Å². The molecule has 2 rings (SSSR count). The normalized spacial score (nSPS) is 11.2. The molecule has 0 aliphatic rings. The summed E-state index contributed by atoms with van der Waals surface area (Å²) in [4.78, 5) is 13.9. The highest BCUT2D eigenvalue weighted by atomic mass is 19.4. The van der Waals surface area contributed by atoms with Gasteiger partial charge in [0.2, 0.25) is 5.91 Å². The Kier molecular flexibility index (Phi) is 6.62. The molecule has 1 amide bonds. The first-order valence-corrected chi connectivity index (χ1v) is 8.52. The number of carbonyl (C=O) groups excluding carboxylic acids is 1. The summed E-state index contributed by atoms with van der Waals surface area (Å²) in [5.41, 5.74) is -0.947. The summed E-state index contributed by atoms with van der Waals surface area (Å²) < 4.78 is 52.7. The van der Waals surface area contributed by atoms with Gasteiger partial charge in [-0.15, -0.1) is 0 Å². The molecule has 0 unspecified atom stereocenters. The van der Waals surface area contributed by atoms with E-state index in [2.05, 4.69) is 5.32 Å². The third-order valence-corrected chi connectivity index (χ3v) is 3.84. The van der Waals surface area contributed by atoms with Crippen LogP contribution in [0.2, 0.25) is 0 Å². The molecule has 4 nitrogen and oxygen atoms in total. The van der Waals surface area contributed by atoms with E-state index in [9.17, 15) is 22.4 Å². The molecule has 0 heterocycles. The number of anilines is 2. The molecule has 0 radical (unpaired) electrons. The lowest BCUT2D eigenvalue weighted by Crippen LogP contribution is -2.36. The van der Waals surface area contributed by atoms with Crippen molar-refractivity contribution in [2.24, 2.45) is 5.92 Å². The number of nitrogens with zero attached hydrogens (tertiary/aromatic N) is 2. The van der Waals surface area contributed by atoms with Crippen LogP contribution in [0.1, 0.15) is 25.0 Å². The molecule has 0 spiro atoms. The highest BCUT2D eigenvalue weighted by Crippen LogP contribution is 2.34. The maximum Gasteiger partial charge on any atom is 0.417 e. The number of nitriles is 1. The predicted octanol–water partition coefficient (Wildman–Crippen LogP) is 4.82. The van der Waals surface area contributed by atoms with Gasteiger partial charge in [-0.1, -0.05) is 13.8 Å². The quantitative estimate of drug-likeness (QED) is 0.716. The first-order valence-electron chi connectivity index (χ1n) is 8.52. The molecule has 1 N–H and O–H groups in total. The van der Waals surface area contributed by atoms with Crippen LogP contribution >= 0.6 is 0 Å². The third-order valence-electron chi connectivity index (χ3n) is 3.84. The molecule has 0 atom stereocenters. The van der Waals surface area contributed by atoms with E-state index in [1.807, 2.05) is 13.8 Å². The predicted molar refractivity (Wildman–Crippen MR) is 98.2 cm³/mol. The number of hydrogen-bond acceptors (Lipinski definition) is 3. The smallest absolute Gasteiger partial charge is 0.362 e.